The summed E-state index contributed by atoms with van der Waals surface area (Å²) in [6.07, 6.45) is 1.67. The number of H-pyrrole nitrogens is 1. The van der Waals surface area contributed by atoms with Gasteiger partial charge in [0.2, 0.25) is 0 Å². The van der Waals surface area contributed by atoms with Crippen LogP contribution in [0.25, 0.3) is 11.6 Å². The second kappa shape index (κ2) is 15.0. The predicted octanol–water partition coefficient (Wildman–Crippen LogP) is 2.86. The number of anilines is 1. The minimum Gasteiger partial charge on any atom is -0.469 e. The van der Waals surface area contributed by atoms with Crippen molar-refractivity contribution in [2.45, 2.75) is 45.2 Å². The number of ether oxygens (including phenoxy) is 3. The van der Waals surface area contributed by atoms with Gasteiger partial charge in [0.1, 0.15) is 12.1 Å². The lowest BCUT2D eigenvalue weighted by molar-refractivity contribution is -0.145. The van der Waals surface area contributed by atoms with Crippen molar-refractivity contribution in [1.29, 1.82) is 0 Å². The summed E-state index contributed by atoms with van der Waals surface area (Å²) in [5, 5.41) is 8.12. The smallest absolute Gasteiger partial charge is 0.328 e. The Labute approximate surface area is 271 Å². The molecule has 1 aliphatic rings. The number of carbonyl (C=O) groups excluding carboxylic acids is 6. The largest absolute Gasteiger partial charge is 0.469 e. The van der Waals surface area contributed by atoms with Crippen LogP contribution in [-0.4, -0.2) is 74.0 Å². The number of amides is 3. The molecule has 4 rings (SSSR count). The van der Waals surface area contributed by atoms with E-state index in [2.05, 4.69) is 25.7 Å². The van der Waals surface area contributed by atoms with E-state index in [9.17, 15) is 28.8 Å². The van der Waals surface area contributed by atoms with Crippen LogP contribution in [0, 0.1) is 13.8 Å². The van der Waals surface area contributed by atoms with E-state index in [-0.39, 0.29) is 30.4 Å². The van der Waals surface area contributed by atoms with Gasteiger partial charge in [-0.1, -0.05) is 30.3 Å². The molecule has 1 aliphatic heterocycles. The molecule has 2 atom stereocenters. The SMILES string of the molecule is COC(=O)CC[C@H](NC(=O)c1ccc2c(c1)/C(=C/c1[nH]c(C)c(C(=O)N[C@H](Cc3ccccc3)C(=O)OC)c1C)C(=O)N2)C(=O)OC. The minimum atomic E-state index is -1.10. The normalized spacial score (nSPS) is 14.0. The molecular weight excluding hydrogens is 608 g/mol. The number of aromatic nitrogens is 1. The van der Waals surface area contributed by atoms with Gasteiger partial charge < -0.3 is 35.1 Å². The van der Waals surface area contributed by atoms with Crippen LogP contribution in [0.5, 0.6) is 0 Å². The molecular formula is C34H36N4O9. The maximum absolute atomic E-state index is 13.5. The number of methoxy groups -OCH3 is 3. The van der Waals surface area contributed by atoms with Gasteiger partial charge in [-0.15, -0.1) is 0 Å². The van der Waals surface area contributed by atoms with Gasteiger partial charge in [-0.05, 0) is 55.7 Å². The highest BCUT2D eigenvalue weighted by Crippen LogP contribution is 2.35. The molecule has 2 heterocycles. The van der Waals surface area contributed by atoms with Crippen LogP contribution in [-0.2, 0) is 39.8 Å². The van der Waals surface area contributed by atoms with Gasteiger partial charge in [0.25, 0.3) is 17.7 Å². The zero-order valence-corrected chi connectivity index (χ0v) is 26.6. The fraction of sp³-hybridized carbons (Fsp3) is 0.294. The Morgan fingerprint density at radius 1 is 0.851 bits per heavy atom. The summed E-state index contributed by atoms with van der Waals surface area (Å²) in [5.74, 6) is -3.39. The van der Waals surface area contributed by atoms with Crippen molar-refractivity contribution in [2.75, 3.05) is 26.6 Å². The highest BCUT2D eigenvalue weighted by atomic mass is 16.5. The molecule has 0 spiro atoms. The minimum absolute atomic E-state index is 0.0325. The third-order valence-electron chi connectivity index (χ3n) is 7.79. The molecule has 0 radical (unpaired) electrons. The molecule has 0 fully saturated rings. The number of carbonyl (C=O) groups is 6. The molecule has 3 aromatic rings. The van der Waals surface area contributed by atoms with Gasteiger partial charge in [0.05, 0.1) is 32.5 Å². The van der Waals surface area contributed by atoms with Gasteiger partial charge in [-0.3, -0.25) is 19.2 Å². The Kier molecular flexibility index (Phi) is 10.9. The molecule has 47 heavy (non-hydrogen) atoms. The Hall–Kier alpha value is -5.72. The van der Waals surface area contributed by atoms with Crippen molar-refractivity contribution in [1.82, 2.24) is 15.6 Å². The summed E-state index contributed by atoms with van der Waals surface area (Å²) in [6, 6.07) is 11.8. The van der Waals surface area contributed by atoms with E-state index in [1.54, 1.807) is 26.0 Å². The van der Waals surface area contributed by atoms with E-state index in [4.69, 9.17) is 9.47 Å². The second-order valence-electron chi connectivity index (χ2n) is 10.8. The van der Waals surface area contributed by atoms with Gasteiger partial charge in [-0.25, -0.2) is 9.59 Å². The van der Waals surface area contributed by atoms with Crippen LogP contribution in [0.15, 0.2) is 48.5 Å². The number of esters is 3. The van der Waals surface area contributed by atoms with Crippen LogP contribution in [0.3, 0.4) is 0 Å². The Bertz CT molecular complexity index is 1740. The van der Waals surface area contributed by atoms with Gasteiger partial charge in [0.15, 0.2) is 0 Å². The average Bonchev–Trinajstić information content (AvgIpc) is 3.54. The summed E-state index contributed by atoms with van der Waals surface area (Å²) in [6.45, 7) is 3.42. The van der Waals surface area contributed by atoms with Gasteiger partial charge in [0, 0.05) is 41.0 Å². The molecule has 2 aromatic carbocycles. The summed E-state index contributed by atoms with van der Waals surface area (Å²) in [4.78, 5) is 79.2. The van der Waals surface area contributed by atoms with Crippen LogP contribution in [0.1, 0.15) is 61.6 Å². The predicted molar refractivity (Wildman–Crippen MR) is 171 cm³/mol. The van der Waals surface area contributed by atoms with Gasteiger partial charge >= 0.3 is 17.9 Å². The maximum Gasteiger partial charge on any atom is 0.328 e. The van der Waals surface area contributed by atoms with Crippen molar-refractivity contribution < 1.29 is 43.0 Å². The highest BCUT2D eigenvalue weighted by Gasteiger charge is 2.29. The third-order valence-corrected chi connectivity index (χ3v) is 7.79. The number of benzene rings is 2. The monoisotopic (exact) mass is 644 g/mol. The van der Waals surface area contributed by atoms with Crippen molar-refractivity contribution in [2.24, 2.45) is 0 Å². The number of hydrogen-bond acceptors (Lipinski definition) is 9. The van der Waals surface area contributed by atoms with Gasteiger partial charge in [-0.2, -0.15) is 0 Å². The standard InChI is InChI=1S/C34H36N4O9/c1-18-26(35-19(2)29(18)32(42)38-27(34(44)47-5)15-20-9-7-6-8-10-20)17-23-22-16-21(11-12-24(22)36-31(23)41)30(40)37-25(33(43)46-4)13-14-28(39)45-3/h6-12,16-17,25,27,35H,13-15H2,1-5H3,(H,36,41)(H,37,40)(H,38,42)/b23-17-/t25-,27+/m0/s1. The lowest BCUT2D eigenvalue weighted by atomic mass is 10.0. The Morgan fingerprint density at radius 3 is 2.17 bits per heavy atom. The highest BCUT2D eigenvalue weighted by molar-refractivity contribution is 6.35. The molecule has 0 saturated carbocycles. The van der Waals surface area contributed by atoms with E-state index in [0.717, 1.165) is 5.56 Å². The molecule has 13 heteroatoms. The Morgan fingerprint density at radius 2 is 1.51 bits per heavy atom. The quantitative estimate of drug-likeness (QED) is 0.131. The summed E-state index contributed by atoms with van der Waals surface area (Å²) < 4.78 is 14.3. The third kappa shape index (κ3) is 7.93. The van der Waals surface area contributed by atoms with Crippen molar-refractivity contribution in [3.8, 4) is 0 Å². The molecule has 0 aliphatic carbocycles. The van der Waals surface area contributed by atoms with Crippen molar-refractivity contribution in [3.05, 3.63) is 87.7 Å². The Balaban J connectivity index is 1.58. The zero-order chi connectivity index (χ0) is 34.2. The van der Waals surface area contributed by atoms with E-state index in [1.165, 1.54) is 33.5 Å². The first-order valence-corrected chi connectivity index (χ1v) is 14.7. The molecule has 0 saturated heterocycles. The summed E-state index contributed by atoms with van der Waals surface area (Å²) in [7, 11) is 3.65. The molecule has 4 N–H and O–H groups in total. The average molecular weight is 645 g/mol. The first-order chi connectivity index (χ1) is 22.5. The van der Waals surface area contributed by atoms with E-state index >= 15 is 0 Å². The number of aryl methyl sites for hydroxylation is 1. The number of hydrogen-bond donors (Lipinski definition) is 4. The topological polar surface area (TPSA) is 182 Å². The fourth-order valence-electron chi connectivity index (χ4n) is 5.29. The van der Waals surface area contributed by atoms with Crippen LogP contribution >= 0.6 is 0 Å². The van der Waals surface area contributed by atoms with Crippen molar-refractivity contribution >= 4 is 53.0 Å². The van der Waals surface area contributed by atoms with E-state index in [1.807, 2.05) is 30.3 Å². The van der Waals surface area contributed by atoms with Crippen LogP contribution in [0.4, 0.5) is 5.69 Å². The molecule has 0 unspecified atom stereocenters. The second-order valence-corrected chi connectivity index (χ2v) is 10.8. The molecule has 0 bridgehead atoms. The van der Waals surface area contributed by atoms with Crippen LogP contribution in [0.2, 0.25) is 0 Å². The lowest BCUT2D eigenvalue weighted by Crippen LogP contribution is -2.43. The molecule has 246 valence electrons. The fourth-order valence-corrected chi connectivity index (χ4v) is 5.29. The number of nitrogens with one attached hydrogen (secondary N) is 4. The number of fused-ring (bicyclic) bond motifs is 1. The maximum atomic E-state index is 13.5. The molecule has 3 amide bonds. The number of aromatic amines is 1. The summed E-state index contributed by atoms with van der Waals surface area (Å²) >= 11 is 0. The number of rotatable bonds is 12. The lowest BCUT2D eigenvalue weighted by Gasteiger charge is -2.17. The summed E-state index contributed by atoms with van der Waals surface area (Å²) in [5.41, 5.74) is 3.98. The first kappa shape index (κ1) is 34.2. The first-order valence-electron chi connectivity index (χ1n) is 14.7. The van der Waals surface area contributed by atoms with Crippen molar-refractivity contribution in [3.63, 3.8) is 0 Å². The molecule has 13 nitrogen and oxygen atoms in total. The molecule has 1 aromatic heterocycles. The van der Waals surface area contributed by atoms with Crippen LogP contribution < -0.4 is 16.0 Å². The van der Waals surface area contributed by atoms with E-state index in [0.29, 0.717) is 33.8 Å². The zero-order valence-electron chi connectivity index (χ0n) is 26.6. The van der Waals surface area contributed by atoms with E-state index < -0.39 is 47.7 Å².